The normalized spacial score (nSPS) is 10.9. The molecule has 3 rings (SSSR count). The molecule has 3 nitrogen and oxygen atoms in total. The predicted octanol–water partition coefficient (Wildman–Crippen LogP) is 3.92. The summed E-state index contributed by atoms with van der Waals surface area (Å²) in [6.07, 6.45) is 0. The minimum atomic E-state index is -0.308. The Bertz CT molecular complexity index is 747. The molecule has 0 bridgehead atoms. The molecule has 0 aliphatic carbocycles. The Balaban J connectivity index is 2.15. The van der Waals surface area contributed by atoms with E-state index >= 15 is 0 Å². The SMILES string of the molecule is CNc1nc2ccccc2n1Cc1c(F)cccc1Cl. The van der Waals surface area contributed by atoms with E-state index in [0.717, 1.165) is 11.0 Å². The Morgan fingerprint density at radius 2 is 2.00 bits per heavy atom. The van der Waals surface area contributed by atoms with Gasteiger partial charge in [0.2, 0.25) is 5.95 Å². The first-order valence-electron chi connectivity index (χ1n) is 6.26. The van der Waals surface area contributed by atoms with Crippen molar-refractivity contribution in [1.82, 2.24) is 9.55 Å². The van der Waals surface area contributed by atoms with Crippen LogP contribution in [-0.2, 0) is 6.54 Å². The number of aromatic nitrogens is 2. The molecule has 0 radical (unpaired) electrons. The number of hydrogen-bond donors (Lipinski definition) is 1. The van der Waals surface area contributed by atoms with E-state index in [0.29, 0.717) is 23.1 Å². The Kier molecular flexibility index (Phi) is 3.32. The van der Waals surface area contributed by atoms with Crippen LogP contribution in [0.5, 0.6) is 0 Å². The van der Waals surface area contributed by atoms with E-state index in [-0.39, 0.29) is 5.82 Å². The van der Waals surface area contributed by atoms with Crippen molar-refractivity contribution < 1.29 is 4.39 Å². The van der Waals surface area contributed by atoms with Crippen molar-refractivity contribution in [2.75, 3.05) is 12.4 Å². The Morgan fingerprint density at radius 1 is 1.20 bits per heavy atom. The van der Waals surface area contributed by atoms with Crippen molar-refractivity contribution in [3.63, 3.8) is 0 Å². The van der Waals surface area contributed by atoms with Crippen LogP contribution in [0.15, 0.2) is 42.5 Å². The first-order chi connectivity index (χ1) is 9.70. The largest absolute Gasteiger partial charge is 0.359 e. The van der Waals surface area contributed by atoms with Gasteiger partial charge < -0.3 is 9.88 Å². The zero-order chi connectivity index (χ0) is 14.1. The van der Waals surface area contributed by atoms with Gasteiger partial charge in [0.05, 0.1) is 17.6 Å². The third kappa shape index (κ3) is 2.12. The van der Waals surface area contributed by atoms with E-state index in [1.165, 1.54) is 6.07 Å². The summed E-state index contributed by atoms with van der Waals surface area (Å²) >= 11 is 6.10. The fourth-order valence-electron chi connectivity index (χ4n) is 2.27. The first-order valence-corrected chi connectivity index (χ1v) is 6.64. The van der Waals surface area contributed by atoms with Crippen LogP contribution in [0.25, 0.3) is 11.0 Å². The molecule has 0 spiro atoms. The average Bonchev–Trinajstić information content (AvgIpc) is 2.81. The Hall–Kier alpha value is -2.07. The summed E-state index contributed by atoms with van der Waals surface area (Å²) in [6.45, 7) is 0.336. The number of halogens is 2. The highest BCUT2D eigenvalue weighted by molar-refractivity contribution is 6.31. The van der Waals surface area contributed by atoms with Crippen LogP contribution < -0.4 is 5.32 Å². The summed E-state index contributed by atoms with van der Waals surface area (Å²) in [5.41, 5.74) is 2.27. The monoisotopic (exact) mass is 289 g/mol. The fraction of sp³-hybridized carbons (Fsp3) is 0.133. The number of para-hydroxylation sites is 2. The van der Waals surface area contributed by atoms with Gasteiger partial charge >= 0.3 is 0 Å². The molecule has 0 unspecified atom stereocenters. The number of nitrogens with zero attached hydrogens (tertiary/aromatic N) is 2. The fourth-order valence-corrected chi connectivity index (χ4v) is 2.49. The third-order valence-electron chi connectivity index (χ3n) is 3.26. The van der Waals surface area contributed by atoms with Crippen LogP contribution in [0.2, 0.25) is 5.02 Å². The van der Waals surface area contributed by atoms with E-state index in [1.807, 2.05) is 28.8 Å². The van der Waals surface area contributed by atoms with Crippen LogP contribution in [-0.4, -0.2) is 16.6 Å². The van der Waals surface area contributed by atoms with Crippen molar-refractivity contribution in [3.05, 3.63) is 58.9 Å². The van der Waals surface area contributed by atoms with Gasteiger partial charge in [-0.1, -0.05) is 29.8 Å². The van der Waals surface area contributed by atoms with E-state index in [1.54, 1.807) is 19.2 Å². The average molecular weight is 290 g/mol. The number of hydrogen-bond acceptors (Lipinski definition) is 2. The van der Waals surface area contributed by atoms with E-state index in [9.17, 15) is 4.39 Å². The molecule has 0 aliphatic rings. The molecule has 5 heteroatoms. The van der Waals surface area contributed by atoms with Crippen LogP contribution in [0.3, 0.4) is 0 Å². The van der Waals surface area contributed by atoms with Crippen molar-refractivity contribution >= 4 is 28.6 Å². The number of benzene rings is 2. The number of anilines is 1. The molecule has 1 heterocycles. The van der Waals surface area contributed by atoms with Crippen molar-refractivity contribution in [3.8, 4) is 0 Å². The van der Waals surface area contributed by atoms with E-state index in [2.05, 4.69) is 10.3 Å². The molecule has 0 saturated heterocycles. The van der Waals surface area contributed by atoms with Crippen molar-refractivity contribution in [1.29, 1.82) is 0 Å². The topological polar surface area (TPSA) is 29.9 Å². The lowest BCUT2D eigenvalue weighted by atomic mass is 10.2. The summed E-state index contributed by atoms with van der Waals surface area (Å²) in [7, 11) is 1.79. The Morgan fingerprint density at radius 3 is 2.75 bits per heavy atom. The summed E-state index contributed by atoms with van der Waals surface area (Å²) < 4.78 is 15.9. The van der Waals surface area contributed by atoms with Gasteiger partial charge in [-0.3, -0.25) is 0 Å². The standard InChI is InChI=1S/C15H13ClFN3/c1-18-15-19-13-7-2-3-8-14(13)20(15)9-10-11(16)5-4-6-12(10)17/h2-8H,9H2,1H3,(H,18,19). The highest BCUT2D eigenvalue weighted by atomic mass is 35.5. The molecule has 1 N–H and O–H groups in total. The molecule has 0 atom stereocenters. The van der Waals surface area contributed by atoms with E-state index < -0.39 is 0 Å². The highest BCUT2D eigenvalue weighted by Gasteiger charge is 2.13. The van der Waals surface area contributed by atoms with Gasteiger partial charge in [-0.15, -0.1) is 0 Å². The van der Waals surface area contributed by atoms with Crippen LogP contribution in [0.1, 0.15) is 5.56 Å². The van der Waals surface area contributed by atoms with Gasteiger partial charge in [-0.2, -0.15) is 0 Å². The van der Waals surface area contributed by atoms with Crippen molar-refractivity contribution in [2.24, 2.45) is 0 Å². The van der Waals surface area contributed by atoms with Gasteiger partial charge in [-0.25, -0.2) is 9.37 Å². The zero-order valence-corrected chi connectivity index (χ0v) is 11.7. The van der Waals surface area contributed by atoms with Gasteiger partial charge in [0, 0.05) is 17.6 Å². The lowest BCUT2D eigenvalue weighted by Crippen LogP contribution is -2.07. The Labute approximate surface area is 121 Å². The second-order valence-electron chi connectivity index (χ2n) is 4.46. The molecular formula is C15H13ClFN3. The molecule has 0 saturated carbocycles. The van der Waals surface area contributed by atoms with Gasteiger partial charge in [0.25, 0.3) is 0 Å². The molecule has 0 fully saturated rings. The maximum atomic E-state index is 13.9. The molecule has 0 aliphatic heterocycles. The molecule has 102 valence electrons. The lowest BCUT2D eigenvalue weighted by molar-refractivity contribution is 0.602. The summed E-state index contributed by atoms with van der Waals surface area (Å²) in [5.74, 6) is 0.378. The second kappa shape index (κ2) is 5.13. The maximum absolute atomic E-state index is 13.9. The van der Waals surface area contributed by atoms with Crippen molar-refractivity contribution in [2.45, 2.75) is 6.54 Å². The molecule has 20 heavy (non-hydrogen) atoms. The first kappa shape index (κ1) is 12.9. The van der Waals surface area contributed by atoms with Crippen LogP contribution in [0.4, 0.5) is 10.3 Å². The lowest BCUT2D eigenvalue weighted by Gasteiger charge is -2.11. The maximum Gasteiger partial charge on any atom is 0.203 e. The third-order valence-corrected chi connectivity index (χ3v) is 3.61. The summed E-state index contributed by atoms with van der Waals surface area (Å²) in [4.78, 5) is 4.47. The van der Waals surface area contributed by atoms with Gasteiger partial charge in [0.1, 0.15) is 5.82 Å². The van der Waals surface area contributed by atoms with E-state index in [4.69, 9.17) is 11.6 Å². The molecule has 2 aromatic carbocycles. The minimum absolute atomic E-state index is 0.308. The molecule has 3 aromatic rings. The van der Waals surface area contributed by atoms with Crippen LogP contribution in [0, 0.1) is 5.82 Å². The minimum Gasteiger partial charge on any atom is -0.359 e. The number of fused-ring (bicyclic) bond motifs is 1. The number of imidazole rings is 1. The zero-order valence-electron chi connectivity index (χ0n) is 10.9. The summed E-state index contributed by atoms with van der Waals surface area (Å²) in [5, 5.41) is 3.45. The molecule has 1 aromatic heterocycles. The molecular weight excluding hydrogens is 277 g/mol. The quantitative estimate of drug-likeness (QED) is 0.792. The number of rotatable bonds is 3. The summed E-state index contributed by atoms with van der Waals surface area (Å²) in [6, 6.07) is 12.5. The van der Waals surface area contributed by atoms with Gasteiger partial charge in [0.15, 0.2) is 0 Å². The number of nitrogens with one attached hydrogen (secondary N) is 1. The van der Waals surface area contributed by atoms with Crippen LogP contribution >= 0.6 is 11.6 Å². The van der Waals surface area contributed by atoms with Gasteiger partial charge in [-0.05, 0) is 24.3 Å². The smallest absolute Gasteiger partial charge is 0.203 e. The molecule has 0 amide bonds. The highest BCUT2D eigenvalue weighted by Crippen LogP contribution is 2.25. The second-order valence-corrected chi connectivity index (χ2v) is 4.87. The predicted molar refractivity (Wildman–Crippen MR) is 79.8 cm³/mol.